The van der Waals surface area contributed by atoms with Crippen LogP contribution in [0.2, 0.25) is 0 Å². The van der Waals surface area contributed by atoms with E-state index in [2.05, 4.69) is 41.1 Å². The molecule has 1 aliphatic heterocycles. The molecular weight excluding hydrogens is 424 g/mol. The number of para-hydroxylation sites is 1. The van der Waals surface area contributed by atoms with E-state index < -0.39 is 5.92 Å². The number of fused-ring (bicyclic) bond motifs is 1. The second kappa shape index (κ2) is 11.0. The predicted molar refractivity (Wildman–Crippen MR) is 135 cm³/mol. The molecule has 6 nitrogen and oxygen atoms in total. The van der Waals surface area contributed by atoms with Crippen molar-refractivity contribution in [2.75, 3.05) is 30.3 Å². The summed E-state index contributed by atoms with van der Waals surface area (Å²) in [5.74, 6) is -0.237. The highest BCUT2D eigenvalue weighted by Gasteiger charge is 2.28. The number of carbonyl (C=O) groups excluding carboxylic acids is 1. The van der Waals surface area contributed by atoms with Crippen molar-refractivity contribution in [1.82, 2.24) is 5.32 Å². The monoisotopic (exact) mass is 454 g/mol. The molecule has 4 atom stereocenters. The number of nitrogens with zero attached hydrogens (tertiary/aromatic N) is 1. The largest absolute Gasteiger partial charge is 0.395 e. The van der Waals surface area contributed by atoms with E-state index in [4.69, 9.17) is 0 Å². The molecule has 0 amide bonds. The van der Waals surface area contributed by atoms with Crippen LogP contribution >= 0.6 is 0 Å². The topological polar surface area (TPSA) is 97.2 Å². The van der Waals surface area contributed by atoms with E-state index in [1.165, 1.54) is 5.56 Å². The number of aliphatic hydroxyl groups excluding tert-OH is 1. The van der Waals surface area contributed by atoms with Crippen molar-refractivity contribution < 1.29 is 9.90 Å². The molecule has 3 aromatic rings. The van der Waals surface area contributed by atoms with Crippen LogP contribution in [0.15, 0.2) is 72.8 Å². The summed E-state index contributed by atoms with van der Waals surface area (Å²) < 4.78 is 0. The number of anilines is 2. The molecule has 1 heterocycles. The van der Waals surface area contributed by atoms with Crippen LogP contribution in [0.4, 0.5) is 11.4 Å². The molecule has 3 aromatic carbocycles. The zero-order valence-corrected chi connectivity index (χ0v) is 19.2. The quantitative estimate of drug-likeness (QED) is 0.362. The first-order chi connectivity index (χ1) is 16.6. The Kier molecular flexibility index (Phi) is 7.58. The lowest BCUT2D eigenvalue weighted by Gasteiger charge is -2.36. The molecule has 0 aliphatic carbocycles. The van der Waals surface area contributed by atoms with Gasteiger partial charge in [0.1, 0.15) is 12.4 Å². The van der Waals surface area contributed by atoms with E-state index in [0.29, 0.717) is 5.56 Å². The van der Waals surface area contributed by atoms with Crippen molar-refractivity contribution in [3.05, 3.63) is 95.1 Å². The highest BCUT2D eigenvalue weighted by molar-refractivity contribution is 5.77. The Labute approximate surface area is 200 Å². The summed E-state index contributed by atoms with van der Waals surface area (Å²) >= 11 is 0. The third-order valence-electron chi connectivity index (χ3n) is 6.53. The Morgan fingerprint density at radius 2 is 1.79 bits per heavy atom. The summed E-state index contributed by atoms with van der Waals surface area (Å²) in [6, 6.07) is 26.3. The average Bonchev–Trinajstić information content (AvgIpc) is 2.90. The summed E-state index contributed by atoms with van der Waals surface area (Å²) in [4.78, 5) is 11.1. The molecule has 4 N–H and O–H groups in total. The highest BCUT2D eigenvalue weighted by atomic mass is 16.3. The van der Waals surface area contributed by atoms with Gasteiger partial charge in [0.25, 0.3) is 0 Å². The zero-order chi connectivity index (χ0) is 23.9. The normalized spacial score (nSPS) is 17.3. The van der Waals surface area contributed by atoms with Crippen molar-refractivity contribution in [2.45, 2.75) is 30.8 Å². The van der Waals surface area contributed by atoms with Gasteiger partial charge in [0, 0.05) is 13.1 Å². The van der Waals surface area contributed by atoms with Crippen molar-refractivity contribution in [1.29, 1.82) is 5.26 Å². The maximum Gasteiger partial charge on any atom is 0.129 e. The molecule has 0 fully saturated rings. The van der Waals surface area contributed by atoms with Gasteiger partial charge < -0.3 is 25.9 Å². The van der Waals surface area contributed by atoms with Gasteiger partial charge in [-0.2, -0.15) is 5.26 Å². The van der Waals surface area contributed by atoms with Crippen molar-refractivity contribution >= 4 is 17.7 Å². The number of aldehydes is 1. The first-order valence-electron chi connectivity index (χ1n) is 11.6. The number of nitriles is 1. The van der Waals surface area contributed by atoms with Gasteiger partial charge >= 0.3 is 0 Å². The maximum atomic E-state index is 11.1. The molecule has 1 aliphatic rings. The molecule has 0 spiro atoms. The summed E-state index contributed by atoms with van der Waals surface area (Å²) in [6.07, 6.45) is 0.783. The molecule has 0 radical (unpaired) electrons. The molecule has 6 heteroatoms. The van der Waals surface area contributed by atoms with Crippen LogP contribution < -0.4 is 16.0 Å². The lowest BCUT2D eigenvalue weighted by Crippen LogP contribution is -2.45. The van der Waals surface area contributed by atoms with E-state index in [0.717, 1.165) is 41.9 Å². The fourth-order valence-corrected chi connectivity index (χ4v) is 4.48. The first kappa shape index (κ1) is 23.5. The zero-order valence-electron chi connectivity index (χ0n) is 19.2. The minimum Gasteiger partial charge on any atom is -0.395 e. The van der Waals surface area contributed by atoms with Crippen LogP contribution in [-0.4, -0.2) is 37.1 Å². The van der Waals surface area contributed by atoms with E-state index in [1.807, 2.05) is 60.7 Å². The number of nitrogens with one attached hydrogen (secondary N) is 3. The summed E-state index contributed by atoms with van der Waals surface area (Å²) in [5.41, 5.74) is 5.60. The Balaban J connectivity index is 1.51. The van der Waals surface area contributed by atoms with E-state index in [1.54, 1.807) is 0 Å². The molecule has 34 heavy (non-hydrogen) atoms. The SMILES string of the molecule is C[C@H](CN[C@H](c1ccccc1)[C@H]1CNc2cccc(C#N)c2N1)c1ccc(C(C=O)CO)cc1. The number of benzene rings is 3. The van der Waals surface area contributed by atoms with Crippen LogP contribution in [0.3, 0.4) is 0 Å². The molecule has 174 valence electrons. The van der Waals surface area contributed by atoms with Gasteiger partial charge in [-0.15, -0.1) is 0 Å². The second-order valence-electron chi connectivity index (χ2n) is 8.76. The summed E-state index contributed by atoms with van der Waals surface area (Å²) in [6.45, 7) is 3.47. The maximum absolute atomic E-state index is 11.1. The minimum atomic E-state index is -0.476. The first-order valence-corrected chi connectivity index (χ1v) is 11.6. The predicted octanol–water partition coefficient (Wildman–Crippen LogP) is 4.17. The summed E-state index contributed by atoms with van der Waals surface area (Å²) in [5, 5.41) is 29.8. The Hall–Kier alpha value is -3.66. The molecule has 1 unspecified atom stereocenters. The minimum absolute atomic E-state index is 0.0316. The van der Waals surface area contributed by atoms with E-state index >= 15 is 0 Å². The van der Waals surface area contributed by atoms with Crippen molar-refractivity contribution in [3.63, 3.8) is 0 Å². The van der Waals surface area contributed by atoms with Crippen molar-refractivity contribution in [2.24, 2.45) is 0 Å². The molecular formula is C28H30N4O2. The Morgan fingerprint density at radius 1 is 1.06 bits per heavy atom. The van der Waals surface area contributed by atoms with Gasteiger partial charge in [0.15, 0.2) is 0 Å². The third-order valence-corrected chi connectivity index (χ3v) is 6.53. The Morgan fingerprint density at radius 3 is 2.47 bits per heavy atom. The Bertz CT molecular complexity index is 1140. The van der Waals surface area contributed by atoms with Gasteiger partial charge in [-0.05, 0) is 34.7 Å². The molecule has 4 rings (SSSR count). The van der Waals surface area contributed by atoms with Crippen LogP contribution in [0.1, 0.15) is 47.1 Å². The van der Waals surface area contributed by atoms with Crippen LogP contribution in [-0.2, 0) is 4.79 Å². The number of rotatable bonds is 9. The fraction of sp³-hybridized carbons (Fsp3) is 0.286. The van der Waals surface area contributed by atoms with Gasteiger partial charge in [-0.1, -0.05) is 67.6 Å². The van der Waals surface area contributed by atoms with Crippen LogP contribution in [0.25, 0.3) is 0 Å². The number of carbonyl (C=O) groups is 1. The fourth-order valence-electron chi connectivity index (χ4n) is 4.48. The summed E-state index contributed by atoms with van der Waals surface area (Å²) in [7, 11) is 0. The third kappa shape index (κ3) is 5.12. The second-order valence-corrected chi connectivity index (χ2v) is 8.76. The molecule has 0 bridgehead atoms. The smallest absolute Gasteiger partial charge is 0.129 e. The highest BCUT2D eigenvalue weighted by Crippen LogP contribution is 2.33. The molecule has 0 saturated heterocycles. The van der Waals surface area contributed by atoms with E-state index in [-0.39, 0.29) is 24.6 Å². The number of hydrogen-bond acceptors (Lipinski definition) is 6. The lowest BCUT2D eigenvalue weighted by atomic mass is 9.93. The van der Waals surface area contributed by atoms with Gasteiger partial charge in [0.05, 0.1) is 41.5 Å². The lowest BCUT2D eigenvalue weighted by molar-refractivity contribution is -0.109. The van der Waals surface area contributed by atoms with E-state index in [9.17, 15) is 15.2 Å². The van der Waals surface area contributed by atoms with Crippen molar-refractivity contribution in [3.8, 4) is 6.07 Å². The van der Waals surface area contributed by atoms with Crippen LogP contribution in [0, 0.1) is 11.3 Å². The number of hydrogen-bond donors (Lipinski definition) is 4. The van der Waals surface area contributed by atoms with Gasteiger partial charge in [-0.3, -0.25) is 0 Å². The van der Waals surface area contributed by atoms with Gasteiger partial charge in [0.2, 0.25) is 0 Å². The van der Waals surface area contributed by atoms with Crippen LogP contribution in [0.5, 0.6) is 0 Å². The average molecular weight is 455 g/mol. The molecule has 0 aromatic heterocycles. The van der Waals surface area contributed by atoms with Gasteiger partial charge in [-0.25, -0.2) is 0 Å². The molecule has 0 saturated carbocycles. The number of aliphatic hydroxyl groups is 1. The standard InChI is InChI=1S/C28H30N4O2/c1-19(20-10-12-21(13-11-20)24(17-33)18-34)15-31-27(22-6-3-2-4-7-22)26-16-30-25-9-5-8-23(14-29)28(25)32-26/h2-13,17,19,24,26-27,30-32,34H,15-16,18H2,1H3/t19-,24?,26-,27-/m1/s1.